The van der Waals surface area contributed by atoms with Crippen LogP contribution in [0, 0.1) is 5.82 Å². The van der Waals surface area contributed by atoms with Crippen molar-refractivity contribution in [2.45, 2.75) is 6.92 Å². The Morgan fingerprint density at radius 3 is 2.13 bits per heavy atom. The zero-order valence-corrected chi connectivity index (χ0v) is 21.8. The van der Waals surface area contributed by atoms with Crippen LogP contribution in [0.25, 0.3) is 16.9 Å². The van der Waals surface area contributed by atoms with E-state index in [4.69, 9.17) is 9.47 Å². The lowest BCUT2D eigenvalue weighted by atomic mass is 10.1. The number of benzene rings is 3. The lowest BCUT2D eigenvalue weighted by Gasteiger charge is -2.36. The average molecular weight is 529 g/mol. The van der Waals surface area contributed by atoms with E-state index in [0.29, 0.717) is 31.7 Å². The molecule has 1 aliphatic heterocycles. The Labute approximate surface area is 226 Å². The van der Waals surface area contributed by atoms with Crippen LogP contribution in [0.1, 0.15) is 27.8 Å². The smallest absolute Gasteiger partial charge is 0.358 e. The highest BCUT2D eigenvalue weighted by Crippen LogP contribution is 2.28. The van der Waals surface area contributed by atoms with Gasteiger partial charge in [0.25, 0.3) is 5.91 Å². The van der Waals surface area contributed by atoms with Crippen molar-refractivity contribution in [2.24, 2.45) is 0 Å². The van der Waals surface area contributed by atoms with E-state index in [-0.39, 0.29) is 24.0 Å². The van der Waals surface area contributed by atoms with Gasteiger partial charge in [-0.2, -0.15) is 5.10 Å². The number of anilines is 1. The second kappa shape index (κ2) is 11.4. The van der Waals surface area contributed by atoms with E-state index in [1.807, 2.05) is 48.5 Å². The highest BCUT2D eigenvalue weighted by molar-refractivity contribution is 5.94. The van der Waals surface area contributed by atoms with Crippen molar-refractivity contribution in [1.29, 1.82) is 0 Å². The van der Waals surface area contributed by atoms with Gasteiger partial charge in [-0.15, -0.1) is 0 Å². The second-order valence-corrected chi connectivity index (χ2v) is 9.08. The van der Waals surface area contributed by atoms with Gasteiger partial charge in [-0.3, -0.25) is 4.79 Å². The molecular weight excluding hydrogens is 499 g/mol. The van der Waals surface area contributed by atoms with Gasteiger partial charge in [0.2, 0.25) is 0 Å². The van der Waals surface area contributed by atoms with Crippen LogP contribution >= 0.6 is 0 Å². The summed E-state index contributed by atoms with van der Waals surface area (Å²) in [6, 6.07) is 22.9. The second-order valence-electron chi connectivity index (χ2n) is 9.08. The first kappa shape index (κ1) is 26.0. The number of rotatable bonds is 7. The Morgan fingerprint density at radius 2 is 1.51 bits per heavy atom. The van der Waals surface area contributed by atoms with Crippen LogP contribution in [0.15, 0.2) is 78.9 Å². The maximum Gasteiger partial charge on any atom is 0.358 e. The molecule has 1 aliphatic rings. The van der Waals surface area contributed by atoms with Crippen LogP contribution in [0.2, 0.25) is 0 Å². The summed E-state index contributed by atoms with van der Waals surface area (Å²) in [7, 11) is 1.61. The summed E-state index contributed by atoms with van der Waals surface area (Å²) < 4.78 is 25.4. The highest BCUT2D eigenvalue weighted by atomic mass is 19.1. The third-order valence-corrected chi connectivity index (χ3v) is 6.70. The Hall–Kier alpha value is -4.66. The van der Waals surface area contributed by atoms with Crippen LogP contribution in [-0.2, 0) is 4.74 Å². The molecule has 1 aromatic heterocycles. The molecule has 0 spiro atoms. The molecule has 4 aromatic rings. The molecule has 5 rings (SSSR count). The van der Waals surface area contributed by atoms with Gasteiger partial charge < -0.3 is 19.3 Å². The van der Waals surface area contributed by atoms with Gasteiger partial charge in [0.05, 0.1) is 25.1 Å². The summed E-state index contributed by atoms with van der Waals surface area (Å²) in [5.74, 6) is -0.198. The molecule has 0 unspecified atom stereocenters. The zero-order valence-electron chi connectivity index (χ0n) is 21.8. The predicted octanol–water partition coefficient (Wildman–Crippen LogP) is 4.83. The quantitative estimate of drug-likeness (QED) is 0.320. The number of piperazine rings is 1. The summed E-state index contributed by atoms with van der Waals surface area (Å²) in [5.41, 5.74) is 4.19. The van der Waals surface area contributed by atoms with Crippen molar-refractivity contribution in [3.05, 3.63) is 95.9 Å². The van der Waals surface area contributed by atoms with Crippen LogP contribution in [0.5, 0.6) is 5.75 Å². The molecule has 3 aromatic carbocycles. The van der Waals surface area contributed by atoms with E-state index in [0.717, 1.165) is 28.4 Å². The number of hydrogen-bond acceptors (Lipinski definition) is 6. The molecule has 200 valence electrons. The Morgan fingerprint density at radius 1 is 0.872 bits per heavy atom. The number of halogens is 1. The van der Waals surface area contributed by atoms with Gasteiger partial charge >= 0.3 is 5.97 Å². The van der Waals surface area contributed by atoms with Crippen LogP contribution < -0.4 is 9.64 Å². The van der Waals surface area contributed by atoms with Crippen molar-refractivity contribution >= 4 is 17.6 Å². The number of nitrogens with zero attached hydrogens (tertiary/aromatic N) is 4. The van der Waals surface area contributed by atoms with Gasteiger partial charge in [0.1, 0.15) is 11.6 Å². The van der Waals surface area contributed by atoms with Gasteiger partial charge in [-0.1, -0.05) is 12.1 Å². The molecule has 9 heteroatoms. The number of ether oxygens (including phenoxy) is 2. The van der Waals surface area contributed by atoms with Crippen LogP contribution in [0.3, 0.4) is 0 Å². The van der Waals surface area contributed by atoms with E-state index in [9.17, 15) is 14.0 Å². The number of amides is 1. The fraction of sp³-hybridized carbons (Fsp3) is 0.233. The molecule has 0 saturated carbocycles. The number of methoxy groups -OCH3 is 1. The zero-order chi connectivity index (χ0) is 27.4. The Bertz CT molecular complexity index is 1440. The minimum Gasteiger partial charge on any atom is -0.497 e. The summed E-state index contributed by atoms with van der Waals surface area (Å²) in [5, 5.41) is 4.53. The molecule has 1 saturated heterocycles. The SMILES string of the molecule is CCOC(=O)c1cc(-c2ccc(N3CCN(C(=O)c4ccc(F)cc4)CC3)cc2)n(-c2ccc(OC)cc2)n1. The molecular formula is C30H29FN4O4. The summed E-state index contributed by atoms with van der Waals surface area (Å²) in [6.07, 6.45) is 0. The van der Waals surface area contributed by atoms with Crippen LogP contribution in [-0.4, -0.2) is 66.5 Å². The molecule has 39 heavy (non-hydrogen) atoms. The molecule has 1 amide bonds. The van der Waals surface area contributed by atoms with Crippen molar-refractivity contribution in [1.82, 2.24) is 14.7 Å². The van der Waals surface area contributed by atoms with Gasteiger partial charge in [-0.25, -0.2) is 13.9 Å². The molecule has 0 N–H and O–H groups in total. The minimum atomic E-state index is -0.476. The lowest BCUT2D eigenvalue weighted by Crippen LogP contribution is -2.48. The molecule has 0 bridgehead atoms. The molecule has 2 heterocycles. The maximum absolute atomic E-state index is 13.2. The number of aromatic nitrogens is 2. The number of carbonyl (C=O) groups is 2. The number of carbonyl (C=O) groups excluding carboxylic acids is 2. The summed E-state index contributed by atoms with van der Waals surface area (Å²) in [6.45, 7) is 4.54. The first-order chi connectivity index (χ1) is 19.0. The summed E-state index contributed by atoms with van der Waals surface area (Å²) in [4.78, 5) is 29.2. The molecule has 0 atom stereocenters. The van der Waals surface area contributed by atoms with Crippen molar-refractivity contribution < 1.29 is 23.5 Å². The lowest BCUT2D eigenvalue weighted by molar-refractivity contribution is 0.0518. The summed E-state index contributed by atoms with van der Waals surface area (Å²) >= 11 is 0. The van der Waals surface area contributed by atoms with E-state index >= 15 is 0 Å². The molecule has 8 nitrogen and oxygen atoms in total. The molecule has 0 radical (unpaired) electrons. The highest BCUT2D eigenvalue weighted by Gasteiger charge is 2.23. The first-order valence-corrected chi connectivity index (χ1v) is 12.8. The van der Waals surface area contributed by atoms with Gasteiger partial charge in [0.15, 0.2) is 5.69 Å². The van der Waals surface area contributed by atoms with Crippen molar-refractivity contribution in [3.63, 3.8) is 0 Å². The van der Waals surface area contributed by atoms with E-state index in [2.05, 4.69) is 10.00 Å². The largest absolute Gasteiger partial charge is 0.497 e. The van der Waals surface area contributed by atoms with Gasteiger partial charge in [0, 0.05) is 43.0 Å². The van der Waals surface area contributed by atoms with E-state index in [1.165, 1.54) is 24.3 Å². The standard InChI is InChI=1S/C30H29FN4O4/c1-3-39-30(37)27-20-28(35(32-27)25-12-14-26(38-2)15-13-25)21-6-10-24(11-7-21)33-16-18-34(19-17-33)29(36)22-4-8-23(31)9-5-22/h4-15,20H,3,16-19H2,1-2H3. The number of esters is 1. The van der Waals surface area contributed by atoms with E-state index < -0.39 is 5.97 Å². The fourth-order valence-electron chi connectivity index (χ4n) is 4.60. The van der Waals surface area contributed by atoms with E-state index in [1.54, 1.807) is 29.7 Å². The van der Waals surface area contributed by atoms with Crippen molar-refractivity contribution in [2.75, 3.05) is 44.8 Å². The average Bonchev–Trinajstić information content (AvgIpc) is 3.43. The first-order valence-electron chi connectivity index (χ1n) is 12.8. The third kappa shape index (κ3) is 5.62. The normalized spacial score (nSPS) is 13.3. The predicted molar refractivity (Wildman–Crippen MR) is 146 cm³/mol. The van der Waals surface area contributed by atoms with Crippen molar-refractivity contribution in [3.8, 4) is 22.7 Å². The topological polar surface area (TPSA) is 76.9 Å². The van der Waals surface area contributed by atoms with Crippen LogP contribution in [0.4, 0.5) is 10.1 Å². The molecule has 0 aliphatic carbocycles. The monoisotopic (exact) mass is 528 g/mol. The fourth-order valence-corrected chi connectivity index (χ4v) is 4.60. The third-order valence-electron chi connectivity index (χ3n) is 6.70. The Kier molecular flexibility index (Phi) is 7.58. The number of hydrogen-bond donors (Lipinski definition) is 0. The maximum atomic E-state index is 13.2. The minimum absolute atomic E-state index is 0.0887. The molecule has 1 fully saturated rings. The Balaban J connectivity index is 1.33. The van der Waals surface area contributed by atoms with Gasteiger partial charge in [-0.05, 0) is 73.7 Å².